The van der Waals surface area contributed by atoms with Crippen LogP contribution < -0.4 is 35.6 Å². The molecule has 216 valence electrons. The van der Waals surface area contributed by atoms with Crippen LogP contribution in [-0.2, 0) is 16.0 Å². The summed E-state index contributed by atoms with van der Waals surface area (Å²) in [4.78, 5) is 43.1. The minimum Gasteiger partial charge on any atom is -0.493 e. The topological polar surface area (TPSA) is 128 Å². The quantitative estimate of drug-likeness (QED) is 0.353. The molecule has 1 aliphatic rings. The molecule has 0 spiro atoms. The van der Waals surface area contributed by atoms with E-state index in [0.29, 0.717) is 46.9 Å². The molecule has 1 aromatic heterocycles. The summed E-state index contributed by atoms with van der Waals surface area (Å²) in [6.07, 6.45) is 4.33. The maximum atomic E-state index is 13.7. The number of aromatic nitrogens is 1. The number of methoxy groups -OCH3 is 3. The third-order valence-electron chi connectivity index (χ3n) is 7.11. The Kier molecular flexibility index (Phi) is 9.11. The number of rotatable bonds is 9. The number of aryl methyl sites for hydroxylation is 1. The highest BCUT2D eigenvalue weighted by molar-refractivity contribution is 5.96. The van der Waals surface area contributed by atoms with Crippen molar-refractivity contribution >= 4 is 23.2 Å². The largest absolute Gasteiger partial charge is 0.493 e. The van der Waals surface area contributed by atoms with Crippen LogP contribution in [-0.4, -0.2) is 44.2 Å². The second-order valence-electron chi connectivity index (χ2n) is 10.2. The summed E-state index contributed by atoms with van der Waals surface area (Å²) in [5.74, 6) is 0.777. The molecule has 3 aromatic rings. The predicted molar refractivity (Wildman–Crippen MR) is 158 cm³/mol. The lowest BCUT2D eigenvalue weighted by molar-refractivity contribution is -0.120. The summed E-state index contributed by atoms with van der Waals surface area (Å²) in [6, 6.07) is 9.26. The number of nitrogens with zero attached hydrogens (tertiary/aromatic N) is 1. The standard InChI is InChI=1S/C31H36N4O6/c1-17(2)28(31(38)34-20-8-7-13-32-16-20)35-24-12-10-21-22(15-25(24)37)23(33-18(3)36)11-9-19-14-26(39-4)29(40-5)30(41-6)27(19)21/h7-8,10,12-17,23,28H,9,11H2,1-6H3,(H,33,36)(H,34,38)(H,35,37)/t23-,28-/m1/s1. The van der Waals surface area contributed by atoms with E-state index in [1.807, 2.05) is 26.0 Å². The molecule has 0 unspecified atom stereocenters. The lowest BCUT2D eigenvalue weighted by Gasteiger charge is -2.22. The van der Waals surface area contributed by atoms with E-state index in [2.05, 4.69) is 20.9 Å². The number of pyridine rings is 1. The molecule has 0 fully saturated rings. The van der Waals surface area contributed by atoms with Gasteiger partial charge in [0.1, 0.15) is 6.04 Å². The minimum absolute atomic E-state index is 0.140. The molecule has 2 aromatic carbocycles. The molecule has 10 heteroatoms. The van der Waals surface area contributed by atoms with Crippen molar-refractivity contribution in [3.8, 4) is 28.4 Å². The first-order valence-corrected chi connectivity index (χ1v) is 13.4. The van der Waals surface area contributed by atoms with Gasteiger partial charge in [-0.1, -0.05) is 19.9 Å². The zero-order chi connectivity index (χ0) is 29.7. The van der Waals surface area contributed by atoms with E-state index in [9.17, 15) is 14.4 Å². The van der Waals surface area contributed by atoms with E-state index in [0.717, 1.165) is 11.1 Å². The van der Waals surface area contributed by atoms with Gasteiger partial charge >= 0.3 is 0 Å². The molecule has 0 radical (unpaired) electrons. The Morgan fingerprint density at radius 3 is 2.39 bits per heavy atom. The van der Waals surface area contributed by atoms with Crippen LogP contribution in [0.5, 0.6) is 17.2 Å². The van der Waals surface area contributed by atoms with Crippen molar-refractivity contribution in [2.45, 2.75) is 45.7 Å². The SMILES string of the molecule is COc1cc2c(c(OC)c1OC)-c1ccc(N[C@@H](C(=O)Nc3cccnc3)C(C)C)c(=O)cc1[C@H](NC(C)=O)CC2. The van der Waals surface area contributed by atoms with Crippen molar-refractivity contribution < 1.29 is 23.8 Å². The number of hydrogen-bond donors (Lipinski definition) is 3. The van der Waals surface area contributed by atoms with Gasteiger partial charge in [-0.3, -0.25) is 19.4 Å². The summed E-state index contributed by atoms with van der Waals surface area (Å²) in [6.45, 7) is 5.25. The molecule has 0 aliphatic heterocycles. The van der Waals surface area contributed by atoms with Gasteiger partial charge in [0.15, 0.2) is 11.5 Å². The smallest absolute Gasteiger partial charge is 0.247 e. The first-order valence-electron chi connectivity index (χ1n) is 13.4. The Morgan fingerprint density at radius 2 is 1.78 bits per heavy atom. The number of carbonyl (C=O) groups excluding carboxylic acids is 2. The average Bonchev–Trinajstić information content (AvgIpc) is 3.19. The third kappa shape index (κ3) is 6.26. The van der Waals surface area contributed by atoms with Crippen molar-refractivity contribution in [2.24, 2.45) is 5.92 Å². The number of anilines is 2. The van der Waals surface area contributed by atoms with Crippen LogP contribution in [0.25, 0.3) is 11.1 Å². The van der Waals surface area contributed by atoms with Gasteiger partial charge in [0.05, 0.1) is 44.9 Å². The summed E-state index contributed by atoms with van der Waals surface area (Å²) in [7, 11) is 4.65. The second-order valence-corrected chi connectivity index (χ2v) is 10.2. The number of nitrogens with one attached hydrogen (secondary N) is 3. The molecule has 1 heterocycles. The molecule has 0 saturated heterocycles. The van der Waals surface area contributed by atoms with Crippen molar-refractivity contribution in [1.82, 2.24) is 10.3 Å². The molecule has 2 atom stereocenters. The Labute approximate surface area is 239 Å². The van der Waals surface area contributed by atoms with Crippen molar-refractivity contribution in [2.75, 3.05) is 32.0 Å². The van der Waals surface area contributed by atoms with Crippen molar-refractivity contribution in [1.29, 1.82) is 0 Å². The number of benzene rings is 1. The number of fused-ring (bicyclic) bond motifs is 3. The van der Waals surface area contributed by atoms with Crippen molar-refractivity contribution in [3.63, 3.8) is 0 Å². The highest BCUT2D eigenvalue weighted by atomic mass is 16.5. The fraction of sp³-hybridized carbons (Fsp3) is 0.355. The molecular formula is C31H36N4O6. The van der Waals surface area contributed by atoms with Gasteiger partial charge in [0.2, 0.25) is 23.0 Å². The molecule has 4 rings (SSSR count). The summed E-state index contributed by atoms with van der Waals surface area (Å²) < 4.78 is 17.1. The van der Waals surface area contributed by atoms with Crippen LogP contribution in [0.2, 0.25) is 0 Å². The predicted octanol–water partition coefficient (Wildman–Crippen LogP) is 4.33. The highest BCUT2D eigenvalue weighted by Gasteiger charge is 2.30. The number of carbonyl (C=O) groups is 2. The molecule has 2 amide bonds. The van der Waals surface area contributed by atoms with E-state index >= 15 is 0 Å². The Morgan fingerprint density at radius 1 is 1.02 bits per heavy atom. The van der Waals surface area contributed by atoms with E-state index in [4.69, 9.17) is 14.2 Å². The van der Waals surface area contributed by atoms with Gasteiger partial charge in [-0.15, -0.1) is 0 Å². The molecule has 10 nitrogen and oxygen atoms in total. The van der Waals surface area contributed by atoms with Gasteiger partial charge in [0.25, 0.3) is 0 Å². The average molecular weight is 561 g/mol. The van der Waals surface area contributed by atoms with E-state index in [-0.39, 0.29) is 28.8 Å². The zero-order valence-electron chi connectivity index (χ0n) is 24.2. The molecule has 1 aliphatic carbocycles. The van der Waals surface area contributed by atoms with Crippen LogP contribution in [0.15, 0.2) is 53.6 Å². The number of hydrogen-bond acceptors (Lipinski definition) is 8. The Balaban J connectivity index is 1.86. The number of amides is 2. The summed E-state index contributed by atoms with van der Waals surface area (Å²) in [5, 5.41) is 9.03. The molecule has 0 saturated carbocycles. The third-order valence-corrected chi connectivity index (χ3v) is 7.11. The zero-order valence-corrected chi connectivity index (χ0v) is 24.2. The van der Waals surface area contributed by atoms with Gasteiger partial charge in [-0.05, 0) is 65.8 Å². The second kappa shape index (κ2) is 12.7. The molecule has 41 heavy (non-hydrogen) atoms. The Hall–Kier alpha value is -4.60. The fourth-order valence-corrected chi connectivity index (χ4v) is 5.19. The molecule has 0 bridgehead atoms. The van der Waals surface area contributed by atoms with E-state index < -0.39 is 12.1 Å². The maximum absolute atomic E-state index is 13.7. The fourth-order valence-electron chi connectivity index (χ4n) is 5.19. The van der Waals surface area contributed by atoms with Crippen LogP contribution in [0, 0.1) is 5.92 Å². The van der Waals surface area contributed by atoms with E-state index in [1.165, 1.54) is 20.1 Å². The van der Waals surface area contributed by atoms with Gasteiger partial charge < -0.3 is 30.2 Å². The van der Waals surface area contributed by atoms with Gasteiger partial charge in [-0.25, -0.2) is 0 Å². The lowest BCUT2D eigenvalue weighted by atomic mass is 9.95. The van der Waals surface area contributed by atoms with Crippen LogP contribution in [0.3, 0.4) is 0 Å². The summed E-state index contributed by atoms with van der Waals surface area (Å²) >= 11 is 0. The molecule has 3 N–H and O–H groups in total. The highest BCUT2D eigenvalue weighted by Crippen LogP contribution is 2.50. The van der Waals surface area contributed by atoms with Crippen LogP contribution >= 0.6 is 0 Å². The van der Waals surface area contributed by atoms with Crippen LogP contribution in [0.1, 0.15) is 44.4 Å². The normalized spacial score (nSPS) is 14.6. The van der Waals surface area contributed by atoms with Crippen molar-refractivity contribution in [3.05, 3.63) is 70.1 Å². The summed E-state index contributed by atoms with van der Waals surface area (Å²) in [5.41, 5.74) is 3.53. The van der Waals surface area contributed by atoms with Gasteiger partial charge in [-0.2, -0.15) is 0 Å². The monoisotopic (exact) mass is 560 g/mol. The van der Waals surface area contributed by atoms with E-state index in [1.54, 1.807) is 44.8 Å². The van der Waals surface area contributed by atoms with Crippen LogP contribution in [0.4, 0.5) is 11.4 Å². The Bertz CT molecular complexity index is 1490. The van der Waals surface area contributed by atoms with Gasteiger partial charge in [0, 0.05) is 18.7 Å². The maximum Gasteiger partial charge on any atom is 0.247 e. The first-order chi connectivity index (χ1) is 19.7. The first kappa shape index (κ1) is 29.4. The minimum atomic E-state index is -0.706. The molecular weight excluding hydrogens is 524 g/mol. The number of ether oxygens (including phenoxy) is 3. The lowest BCUT2D eigenvalue weighted by Crippen LogP contribution is -2.39.